The van der Waals surface area contributed by atoms with E-state index in [1.807, 2.05) is 29.8 Å². The maximum atomic E-state index is 12.4. The lowest BCUT2D eigenvalue weighted by atomic mass is 10.1. The lowest BCUT2D eigenvalue weighted by molar-refractivity contribution is -0.108. The van der Waals surface area contributed by atoms with Gasteiger partial charge in [-0.25, -0.2) is 4.79 Å². The number of carbonyl (C=O) groups excluding carboxylic acids is 3. The third-order valence-corrected chi connectivity index (χ3v) is 4.02. The zero-order valence-electron chi connectivity index (χ0n) is 12.0. The molecule has 0 fully saturated rings. The van der Waals surface area contributed by atoms with Crippen molar-refractivity contribution in [3.63, 3.8) is 0 Å². The van der Waals surface area contributed by atoms with Gasteiger partial charge in [0.1, 0.15) is 6.04 Å². The summed E-state index contributed by atoms with van der Waals surface area (Å²) in [6, 6.07) is 4.40. The third-order valence-electron chi connectivity index (χ3n) is 3.30. The monoisotopic (exact) mass is 317 g/mol. The highest BCUT2D eigenvalue weighted by atomic mass is 32.2. The minimum absolute atomic E-state index is 0.108. The van der Waals surface area contributed by atoms with Gasteiger partial charge >= 0.3 is 6.03 Å². The van der Waals surface area contributed by atoms with Crippen molar-refractivity contribution in [2.75, 3.05) is 12.8 Å². The highest BCUT2D eigenvalue weighted by Gasteiger charge is 2.29. The normalized spacial score (nSPS) is 14.0. The molecule has 22 heavy (non-hydrogen) atoms. The highest BCUT2D eigenvalue weighted by Crippen LogP contribution is 2.27. The predicted octanol–water partition coefficient (Wildman–Crippen LogP) is 0.822. The number of urea groups is 1. The lowest BCUT2D eigenvalue weighted by Crippen LogP contribution is -2.46. The van der Waals surface area contributed by atoms with Gasteiger partial charge in [-0.3, -0.25) is 14.9 Å². The molecule has 4 amide bonds. The van der Waals surface area contributed by atoms with Crippen LogP contribution in [-0.2, 0) is 11.3 Å². The van der Waals surface area contributed by atoms with E-state index < -0.39 is 12.1 Å². The summed E-state index contributed by atoms with van der Waals surface area (Å²) in [6.45, 7) is 0.642. The van der Waals surface area contributed by atoms with Crippen LogP contribution < -0.4 is 10.6 Å². The van der Waals surface area contributed by atoms with Crippen molar-refractivity contribution in [1.82, 2.24) is 15.5 Å². The van der Waals surface area contributed by atoms with Crippen LogP contribution in [0.5, 0.6) is 0 Å². The maximum absolute atomic E-state index is 12.4. The second-order valence-corrected chi connectivity index (χ2v) is 5.54. The molecule has 114 valence electrons. The summed E-state index contributed by atoms with van der Waals surface area (Å²) in [6.07, 6.45) is 7.58. The molecule has 0 saturated heterocycles. The van der Waals surface area contributed by atoms with Gasteiger partial charge < -0.3 is 10.2 Å². The second kappa shape index (κ2) is 7.00. The van der Waals surface area contributed by atoms with E-state index in [0.29, 0.717) is 12.1 Å². The van der Waals surface area contributed by atoms with E-state index in [1.54, 1.807) is 16.7 Å². The zero-order chi connectivity index (χ0) is 16.1. The van der Waals surface area contributed by atoms with Crippen LogP contribution in [0, 0.1) is 12.3 Å². The van der Waals surface area contributed by atoms with Crippen molar-refractivity contribution in [3.05, 3.63) is 29.3 Å². The van der Waals surface area contributed by atoms with Gasteiger partial charge in [-0.2, -0.15) is 0 Å². The predicted molar refractivity (Wildman–Crippen MR) is 83.3 cm³/mol. The van der Waals surface area contributed by atoms with Crippen LogP contribution in [-0.4, -0.2) is 42.1 Å². The molecule has 6 nitrogen and oxygen atoms in total. The Kier molecular flexibility index (Phi) is 5.07. The first-order valence-electron chi connectivity index (χ1n) is 6.52. The molecule has 0 saturated carbocycles. The molecule has 1 aliphatic heterocycles. The van der Waals surface area contributed by atoms with Gasteiger partial charge in [-0.05, 0) is 24.0 Å². The summed E-state index contributed by atoms with van der Waals surface area (Å²) in [5, 5.41) is 4.40. The molecular weight excluding hydrogens is 302 g/mol. The van der Waals surface area contributed by atoms with Crippen LogP contribution in [0.25, 0.3) is 0 Å². The summed E-state index contributed by atoms with van der Waals surface area (Å²) < 4.78 is 0. The SMILES string of the molecule is C#C[C@H](CN1Cc2ccc(SC)cc2C1=O)NC(=O)NC=O. The Morgan fingerprint density at radius 3 is 3.00 bits per heavy atom. The van der Waals surface area contributed by atoms with Crippen molar-refractivity contribution >= 4 is 30.1 Å². The van der Waals surface area contributed by atoms with E-state index in [9.17, 15) is 14.4 Å². The fraction of sp³-hybridized carbons (Fsp3) is 0.267. The van der Waals surface area contributed by atoms with E-state index in [-0.39, 0.29) is 18.9 Å². The van der Waals surface area contributed by atoms with Crippen molar-refractivity contribution < 1.29 is 14.4 Å². The Labute approximate surface area is 132 Å². The number of amides is 4. The van der Waals surface area contributed by atoms with Crippen LogP contribution in [0.2, 0.25) is 0 Å². The second-order valence-electron chi connectivity index (χ2n) is 4.66. The van der Waals surface area contributed by atoms with E-state index in [0.717, 1.165) is 10.5 Å². The molecule has 7 heteroatoms. The summed E-state index contributed by atoms with van der Waals surface area (Å²) in [4.78, 5) is 36.5. The molecule has 0 unspecified atom stereocenters. The number of imide groups is 1. The summed E-state index contributed by atoms with van der Waals surface area (Å²) in [5.74, 6) is 2.29. The smallest absolute Gasteiger partial charge is 0.322 e. The molecule has 0 radical (unpaired) electrons. The minimum atomic E-state index is -0.688. The van der Waals surface area contributed by atoms with Crippen molar-refractivity contribution in [3.8, 4) is 12.3 Å². The van der Waals surface area contributed by atoms with Crippen molar-refractivity contribution in [2.24, 2.45) is 0 Å². The van der Waals surface area contributed by atoms with Crippen molar-refractivity contribution in [2.45, 2.75) is 17.5 Å². The lowest BCUT2D eigenvalue weighted by Gasteiger charge is -2.20. The molecule has 0 aromatic heterocycles. The Morgan fingerprint density at radius 1 is 1.59 bits per heavy atom. The average molecular weight is 317 g/mol. The number of benzene rings is 1. The highest BCUT2D eigenvalue weighted by molar-refractivity contribution is 7.98. The largest absolute Gasteiger partial charge is 0.331 e. The number of rotatable bonds is 5. The standard InChI is InChI=1S/C15H15N3O3S/c1-3-11(17-15(21)16-9-19)8-18-7-10-4-5-12(22-2)6-13(10)14(18)20/h1,4-6,9,11H,7-8H2,2H3,(H2,16,17,19,21)/t11-/m1/s1. The summed E-state index contributed by atoms with van der Waals surface area (Å²) in [7, 11) is 0. The summed E-state index contributed by atoms with van der Waals surface area (Å²) >= 11 is 1.57. The van der Waals surface area contributed by atoms with Crippen LogP contribution in [0.1, 0.15) is 15.9 Å². The van der Waals surface area contributed by atoms with Crippen LogP contribution in [0.15, 0.2) is 23.1 Å². The number of terminal acetylenes is 1. The quantitative estimate of drug-likeness (QED) is 0.479. The number of carbonyl (C=O) groups is 3. The Bertz CT molecular complexity index is 654. The number of nitrogens with zero attached hydrogens (tertiary/aromatic N) is 1. The Morgan fingerprint density at radius 2 is 2.36 bits per heavy atom. The van der Waals surface area contributed by atoms with Gasteiger partial charge in [0, 0.05) is 17.0 Å². The first kappa shape index (κ1) is 15.9. The van der Waals surface area contributed by atoms with Gasteiger partial charge in [0.15, 0.2) is 0 Å². The van der Waals surface area contributed by atoms with E-state index in [1.165, 1.54) is 0 Å². The van der Waals surface area contributed by atoms with Gasteiger partial charge in [0.2, 0.25) is 6.41 Å². The first-order chi connectivity index (χ1) is 10.6. The van der Waals surface area contributed by atoms with Crippen LogP contribution >= 0.6 is 11.8 Å². The van der Waals surface area contributed by atoms with Gasteiger partial charge in [-0.1, -0.05) is 12.0 Å². The molecule has 1 heterocycles. The van der Waals surface area contributed by atoms with Gasteiger partial charge in [0.05, 0.1) is 6.54 Å². The third kappa shape index (κ3) is 3.40. The molecule has 1 aliphatic rings. The number of fused-ring (bicyclic) bond motifs is 1. The van der Waals surface area contributed by atoms with Crippen molar-refractivity contribution in [1.29, 1.82) is 0 Å². The topological polar surface area (TPSA) is 78.5 Å². The molecule has 0 spiro atoms. The van der Waals surface area contributed by atoms with E-state index in [4.69, 9.17) is 6.42 Å². The first-order valence-corrected chi connectivity index (χ1v) is 7.74. The Hall–Kier alpha value is -2.46. The molecule has 1 aromatic rings. The Balaban J connectivity index is 2.05. The fourth-order valence-electron chi connectivity index (χ4n) is 2.23. The molecule has 1 atom stereocenters. The maximum Gasteiger partial charge on any atom is 0.322 e. The fourth-order valence-corrected chi connectivity index (χ4v) is 2.67. The summed E-state index contributed by atoms with van der Waals surface area (Å²) in [5.41, 5.74) is 1.61. The number of hydrogen-bond donors (Lipinski definition) is 2. The van der Waals surface area contributed by atoms with Gasteiger partial charge in [-0.15, -0.1) is 18.2 Å². The zero-order valence-corrected chi connectivity index (χ0v) is 12.8. The molecule has 2 N–H and O–H groups in total. The molecule has 1 aromatic carbocycles. The number of thioether (sulfide) groups is 1. The molecule has 0 aliphatic carbocycles. The van der Waals surface area contributed by atoms with Gasteiger partial charge in [0.25, 0.3) is 5.91 Å². The van der Waals surface area contributed by atoms with E-state index >= 15 is 0 Å². The molecular formula is C15H15N3O3S. The molecule has 0 bridgehead atoms. The van der Waals surface area contributed by atoms with Crippen LogP contribution in [0.3, 0.4) is 0 Å². The molecule has 2 rings (SSSR count). The number of nitrogens with one attached hydrogen (secondary N) is 2. The van der Waals surface area contributed by atoms with E-state index in [2.05, 4.69) is 11.2 Å². The number of hydrogen-bond acceptors (Lipinski definition) is 4. The average Bonchev–Trinajstić information content (AvgIpc) is 2.82. The minimum Gasteiger partial charge on any atom is -0.331 e. The van der Waals surface area contributed by atoms with Crippen LogP contribution in [0.4, 0.5) is 4.79 Å².